The van der Waals surface area contributed by atoms with Crippen molar-refractivity contribution < 1.29 is 13.6 Å². The number of pyridine rings is 2. The molecule has 0 saturated heterocycles. The minimum atomic E-state index is -2.89. The smallest absolute Gasteiger partial charge is 0.282 e. The molecule has 0 bridgehead atoms. The van der Waals surface area contributed by atoms with Gasteiger partial charge in [0.2, 0.25) is 0 Å². The molecule has 1 amide bonds. The summed E-state index contributed by atoms with van der Waals surface area (Å²) in [6.45, 7) is 0.266. The first-order chi connectivity index (χ1) is 16.9. The number of imidazole rings is 2. The predicted molar refractivity (Wildman–Crippen MR) is 128 cm³/mol. The van der Waals surface area contributed by atoms with Gasteiger partial charge in [0.05, 0.1) is 41.9 Å². The van der Waals surface area contributed by atoms with E-state index < -0.39 is 18.0 Å². The van der Waals surface area contributed by atoms with Crippen LogP contribution in [-0.4, -0.2) is 34.5 Å². The molecule has 1 aliphatic carbocycles. The fraction of sp³-hybridized carbons (Fsp3) is 0.250. The maximum atomic E-state index is 13.7. The van der Waals surface area contributed by atoms with Gasteiger partial charge in [-0.05, 0) is 42.5 Å². The van der Waals surface area contributed by atoms with Gasteiger partial charge in [0.25, 0.3) is 12.3 Å². The minimum Gasteiger partial charge on any atom is -0.346 e. The molecule has 11 heteroatoms. The lowest BCUT2D eigenvalue weighted by atomic mass is 10.2. The van der Waals surface area contributed by atoms with Crippen LogP contribution in [0.15, 0.2) is 59.9 Å². The third-order valence-electron chi connectivity index (χ3n) is 6.14. The van der Waals surface area contributed by atoms with E-state index in [2.05, 4.69) is 48.6 Å². The minimum absolute atomic E-state index is 0.0927. The molecule has 35 heavy (non-hydrogen) atoms. The third kappa shape index (κ3) is 4.31. The number of halogens is 3. The fourth-order valence-corrected chi connectivity index (χ4v) is 4.56. The number of rotatable bonds is 7. The number of nitrogens with one attached hydrogen (secondary N) is 1. The normalized spacial score (nSPS) is 13.8. The van der Waals surface area contributed by atoms with Gasteiger partial charge >= 0.3 is 0 Å². The Kier molecular flexibility index (Phi) is 5.36. The van der Waals surface area contributed by atoms with Crippen LogP contribution in [0.25, 0.3) is 11.2 Å². The molecule has 0 spiro atoms. The summed E-state index contributed by atoms with van der Waals surface area (Å²) in [5, 5.41) is 6.68. The second kappa shape index (κ2) is 8.56. The van der Waals surface area contributed by atoms with Crippen LogP contribution in [0.4, 0.5) is 8.78 Å². The van der Waals surface area contributed by atoms with Crippen molar-refractivity contribution >= 4 is 33.0 Å². The molecule has 1 fully saturated rings. The van der Waals surface area contributed by atoms with Crippen molar-refractivity contribution in [3.05, 3.63) is 88.1 Å². The molecule has 178 valence electrons. The zero-order chi connectivity index (χ0) is 24.1. The lowest BCUT2D eigenvalue weighted by molar-refractivity contribution is 0.0936. The van der Waals surface area contributed by atoms with Crippen molar-refractivity contribution in [2.45, 2.75) is 38.3 Å². The van der Waals surface area contributed by atoms with Gasteiger partial charge in [0, 0.05) is 29.3 Å². The average Bonchev–Trinajstić information content (AvgIpc) is 3.29. The summed E-state index contributed by atoms with van der Waals surface area (Å²) in [5.41, 5.74) is 3.44. The van der Waals surface area contributed by atoms with E-state index >= 15 is 0 Å². The maximum Gasteiger partial charge on any atom is 0.282 e. The highest BCUT2D eigenvalue weighted by atomic mass is 79.9. The number of carbonyl (C=O) groups is 1. The van der Waals surface area contributed by atoms with Gasteiger partial charge in [-0.2, -0.15) is 5.10 Å². The van der Waals surface area contributed by atoms with Gasteiger partial charge < -0.3 is 14.1 Å². The number of hydrogen-bond donors (Lipinski definition) is 1. The summed E-state index contributed by atoms with van der Waals surface area (Å²) in [4.78, 5) is 21.7. The van der Waals surface area contributed by atoms with E-state index in [9.17, 15) is 13.6 Å². The summed E-state index contributed by atoms with van der Waals surface area (Å²) >= 11 is 3.42. The summed E-state index contributed by atoms with van der Waals surface area (Å²) in [6, 6.07) is 7.79. The zero-order valence-corrected chi connectivity index (χ0v) is 20.0. The van der Waals surface area contributed by atoms with Gasteiger partial charge in [0.1, 0.15) is 11.3 Å². The Balaban J connectivity index is 1.21. The van der Waals surface area contributed by atoms with Gasteiger partial charge in [-0.3, -0.25) is 9.48 Å². The Hall–Kier alpha value is -3.60. The first-order valence-electron chi connectivity index (χ1n) is 11.2. The highest BCUT2D eigenvalue weighted by Crippen LogP contribution is 2.39. The molecular weight excluding hydrogens is 520 g/mol. The van der Waals surface area contributed by atoms with E-state index in [4.69, 9.17) is 0 Å². The van der Waals surface area contributed by atoms with Crippen molar-refractivity contribution in [3.8, 4) is 0 Å². The molecule has 1 aliphatic rings. The molecule has 5 heterocycles. The quantitative estimate of drug-likeness (QED) is 0.324. The molecule has 0 unspecified atom stereocenters. The van der Waals surface area contributed by atoms with Gasteiger partial charge in [0.15, 0.2) is 0 Å². The van der Waals surface area contributed by atoms with Gasteiger partial charge in [-0.15, -0.1) is 0 Å². The molecule has 6 rings (SSSR count). The Labute approximate surface area is 206 Å². The lowest BCUT2D eigenvalue weighted by Crippen LogP contribution is -2.24. The van der Waals surface area contributed by atoms with Gasteiger partial charge in [-0.1, -0.05) is 22.0 Å². The van der Waals surface area contributed by atoms with E-state index in [0.717, 1.165) is 15.6 Å². The van der Waals surface area contributed by atoms with E-state index in [1.54, 1.807) is 6.33 Å². The predicted octanol–water partition coefficient (Wildman–Crippen LogP) is 4.73. The fourth-order valence-electron chi connectivity index (χ4n) is 4.23. The number of aromatic nitrogens is 6. The van der Waals surface area contributed by atoms with Crippen molar-refractivity contribution in [1.29, 1.82) is 0 Å². The number of carbonyl (C=O) groups excluding carboxylic acids is 1. The average molecular weight is 540 g/mol. The molecule has 8 nitrogen and oxygen atoms in total. The molecule has 0 aromatic carbocycles. The van der Waals surface area contributed by atoms with Crippen LogP contribution < -0.4 is 5.32 Å². The highest BCUT2D eigenvalue weighted by Gasteiger charge is 2.25. The molecular formula is C24H20BrF2N7O. The third-order valence-corrected chi connectivity index (χ3v) is 6.63. The van der Waals surface area contributed by atoms with E-state index in [-0.39, 0.29) is 18.7 Å². The van der Waals surface area contributed by atoms with Crippen molar-refractivity contribution in [2.75, 3.05) is 0 Å². The summed E-state index contributed by atoms with van der Waals surface area (Å²) in [6.07, 6.45) is 8.27. The van der Waals surface area contributed by atoms with Crippen molar-refractivity contribution in [1.82, 2.24) is 33.9 Å². The van der Waals surface area contributed by atoms with Gasteiger partial charge in [-0.25, -0.2) is 18.7 Å². The topological polar surface area (TPSA) is 81.5 Å². The second-order valence-electron chi connectivity index (χ2n) is 8.67. The van der Waals surface area contributed by atoms with Crippen molar-refractivity contribution in [2.24, 2.45) is 0 Å². The highest BCUT2D eigenvalue weighted by molar-refractivity contribution is 9.10. The Morgan fingerprint density at radius 2 is 2.03 bits per heavy atom. The summed E-state index contributed by atoms with van der Waals surface area (Å²) < 4.78 is 33.4. The van der Waals surface area contributed by atoms with E-state index in [1.165, 1.54) is 29.3 Å². The number of amides is 1. The molecule has 1 saturated carbocycles. The Morgan fingerprint density at radius 3 is 2.83 bits per heavy atom. The molecule has 1 N–H and O–H groups in total. The standard InChI is InChI=1S/C24H20BrF2N7O/c25-16-5-6-32-13-29-19(20(32)7-16)8-28-24(35)18-12-34(31-22(18)23(26)27)11-17-10-33-9-15(14-1-2-14)3-4-21(33)30-17/h3-7,9-10,12-14,23H,1-2,8,11H2,(H,28,35). The first-order valence-corrected chi connectivity index (χ1v) is 12.0. The molecule has 0 atom stereocenters. The second-order valence-corrected chi connectivity index (χ2v) is 9.59. The number of fused-ring (bicyclic) bond motifs is 2. The van der Waals surface area contributed by atoms with Crippen LogP contribution in [0.1, 0.15) is 58.2 Å². The van der Waals surface area contributed by atoms with Crippen LogP contribution in [-0.2, 0) is 13.1 Å². The molecule has 0 aliphatic heterocycles. The van der Waals surface area contributed by atoms with Crippen LogP contribution in [0.3, 0.4) is 0 Å². The number of nitrogens with zero attached hydrogens (tertiary/aromatic N) is 6. The Morgan fingerprint density at radius 1 is 1.17 bits per heavy atom. The van der Waals surface area contributed by atoms with Crippen LogP contribution in [0.5, 0.6) is 0 Å². The number of hydrogen-bond acceptors (Lipinski definition) is 4. The number of alkyl halides is 2. The molecule has 0 radical (unpaired) electrons. The largest absolute Gasteiger partial charge is 0.346 e. The molecule has 5 aromatic rings. The summed E-state index contributed by atoms with van der Waals surface area (Å²) in [7, 11) is 0. The van der Waals surface area contributed by atoms with Crippen LogP contribution >= 0.6 is 15.9 Å². The molecule has 5 aromatic heterocycles. The first kappa shape index (κ1) is 21.9. The van der Waals surface area contributed by atoms with E-state index in [1.807, 2.05) is 39.4 Å². The maximum absolute atomic E-state index is 13.7. The van der Waals surface area contributed by atoms with E-state index in [0.29, 0.717) is 17.3 Å². The van der Waals surface area contributed by atoms with Crippen molar-refractivity contribution in [3.63, 3.8) is 0 Å². The summed E-state index contributed by atoms with van der Waals surface area (Å²) in [5.74, 6) is -0.0144. The monoisotopic (exact) mass is 539 g/mol. The SMILES string of the molecule is O=C(NCc1ncn2ccc(Br)cc12)c1cn(Cc2cn3cc(C4CC4)ccc3n2)nc1C(F)F. The van der Waals surface area contributed by atoms with Crippen LogP contribution in [0.2, 0.25) is 0 Å². The Bertz CT molecular complexity index is 1570. The zero-order valence-electron chi connectivity index (χ0n) is 18.4. The lowest BCUT2D eigenvalue weighted by Gasteiger charge is -2.04. The van der Waals surface area contributed by atoms with Crippen LogP contribution in [0, 0.1) is 0 Å².